The summed E-state index contributed by atoms with van der Waals surface area (Å²) in [6.45, 7) is 3.73. The summed E-state index contributed by atoms with van der Waals surface area (Å²) in [5.41, 5.74) is 2.91. The van der Waals surface area contributed by atoms with Gasteiger partial charge in [-0.2, -0.15) is 0 Å². The van der Waals surface area contributed by atoms with Gasteiger partial charge in [0.1, 0.15) is 17.0 Å². The Morgan fingerprint density at radius 3 is 2.58 bits per heavy atom. The van der Waals surface area contributed by atoms with Crippen LogP contribution in [0, 0.1) is 6.92 Å². The van der Waals surface area contributed by atoms with E-state index in [9.17, 15) is 9.59 Å². The number of rotatable bonds is 4. The van der Waals surface area contributed by atoms with Crippen LogP contribution in [0.15, 0.2) is 42.6 Å². The van der Waals surface area contributed by atoms with Gasteiger partial charge in [0.05, 0.1) is 6.61 Å². The number of ether oxygens (including phenoxy) is 1. The number of hydrogen-bond acceptors (Lipinski definition) is 4. The minimum Gasteiger partial charge on any atom is -0.460 e. The molecule has 122 valence electrons. The Hall–Kier alpha value is -2.66. The maximum absolute atomic E-state index is 12.6. The van der Waals surface area contributed by atoms with Gasteiger partial charge in [0.15, 0.2) is 0 Å². The lowest BCUT2D eigenvalue weighted by Crippen LogP contribution is -2.20. The summed E-state index contributed by atoms with van der Waals surface area (Å²) in [6.07, 6.45) is 1.73. The van der Waals surface area contributed by atoms with E-state index in [1.807, 2.05) is 19.1 Å². The lowest BCUT2D eigenvalue weighted by atomic mass is 10.1. The Kier molecular flexibility index (Phi) is 4.36. The number of halogens is 1. The summed E-state index contributed by atoms with van der Waals surface area (Å²) >= 11 is 5.93. The summed E-state index contributed by atoms with van der Waals surface area (Å²) in [7, 11) is 0. The van der Waals surface area contributed by atoms with Crippen LogP contribution in [-0.2, 0) is 9.53 Å². The van der Waals surface area contributed by atoms with Gasteiger partial charge in [0, 0.05) is 16.8 Å². The van der Waals surface area contributed by atoms with Gasteiger partial charge in [-0.1, -0.05) is 23.7 Å². The van der Waals surface area contributed by atoms with Gasteiger partial charge in [0.2, 0.25) is 0 Å². The molecule has 6 heteroatoms. The molecular weight excluding hydrogens is 328 g/mol. The van der Waals surface area contributed by atoms with Crippen molar-refractivity contribution in [3.63, 3.8) is 0 Å². The van der Waals surface area contributed by atoms with Crippen molar-refractivity contribution >= 4 is 29.0 Å². The molecule has 24 heavy (non-hydrogen) atoms. The average Bonchev–Trinajstić information content (AvgIpc) is 2.93. The highest BCUT2D eigenvalue weighted by atomic mass is 35.5. The molecule has 0 bridgehead atoms. The van der Waals surface area contributed by atoms with E-state index in [0.717, 1.165) is 5.56 Å². The Labute approximate surface area is 143 Å². The van der Waals surface area contributed by atoms with Gasteiger partial charge in [-0.3, -0.25) is 9.20 Å². The zero-order valence-electron chi connectivity index (χ0n) is 13.2. The summed E-state index contributed by atoms with van der Waals surface area (Å²) < 4.78 is 6.47. The van der Waals surface area contributed by atoms with Crippen LogP contribution in [0.25, 0.3) is 16.9 Å². The zero-order valence-corrected chi connectivity index (χ0v) is 14.0. The first-order valence-corrected chi connectivity index (χ1v) is 7.85. The highest BCUT2D eigenvalue weighted by molar-refractivity contribution is 6.41. The molecule has 2 heterocycles. The molecule has 0 aliphatic carbocycles. The number of Topliss-reactive ketones (excluding diaryl/α,β-unsaturated/α-hetero) is 1. The van der Waals surface area contributed by atoms with Crippen LogP contribution >= 0.6 is 11.6 Å². The van der Waals surface area contributed by atoms with Gasteiger partial charge < -0.3 is 4.74 Å². The first-order chi connectivity index (χ1) is 11.5. The minimum atomic E-state index is -0.893. The molecule has 0 spiro atoms. The van der Waals surface area contributed by atoms with Crippen molar-refractivity contribution in [3.05, 3.63) is 58.9 Å². The first-order valence-electron chi connectivity index (χ1n) is 7.47. The largest absolute Gasteiger partial charge is 0.460 e. The fraction of sp³-hybridized carbons (Fsp3) is 0.167. The van der Waals surface area contributed by atoms with E-state index in [-0.39, 0.29) is 12.3 Å². The van der Waals surface area contributed by atoms with Crippen molar-refractivity contribution in [1.82, 2.24) is 9.38 Å². The number of fused-ring (bicyclic) bond motifs is 1. The molecule has 1 aromatic carbocycles. The maximum Gasteiger partial charge on any atom is 0.381 e. The fourth-order valence-corrected chi connectivity index (χ4v) is 2.59. The molecule has 0 unspecified atom stereocenters. The Morgan fingerprint density at radius 2 is 1.92 bits per heavy atom. The Morgan fingerprint density at radius 1 is 1.21 bits per heavy atom. The summed E-state index contributed by atoms with van der Waals surface area (Å²) in [5, 5.41) is 0.580. The number of carbonyl (C=O) groups excluding carboxylic acids is 2. The molecule has 5 nitrogen and oxygen atoms in total. The predicted octanol–water partition coefficient (Wildman–Crippen LogP) is 3.71. The number of hydrogen-bond donors (Lipinski definition) is 0. The van der Waals surface area contributed by atoms with Crippen molar-refractivity contribution in [3.8, 4) is 11.3 Å². The highest BCUT2D eigenvalue weighted by Crippen LogP contribution is 2.27. The van der Waals surface area contributed by atoms with Crippen LogP contribution in [0.3, 0.4) is 0 Å². The molecule has 0 aliphatic heterocycles. The van der Waals surface area contributed by atoms with Gasteiger partial charge in [-0.25, -0.2) is 9.78 Å². The number of esters is 1. The smallest absolute Gasteiger partial charge is 0.381 e. The van der Waals surface area contributed by atoms with Crippen LogP contribution in [0.1, 0.15) is 23.0 Å². The normalized spacial score (nSPS) is 10.8. The standard InChI is InChI=1S/C18H15ClN2O3/c1-3-24-18(23)17(22)16-15(12-4-6-13(19)7-5-12)20-14-10-11(2)8-9-21(14)16/h4-10H,3H2,1-2H3. The third kappa shape index (κ3) is 2.90. The molecule has 3 rings (SSSR count). The van der Waals surface area contributed by atoms with Crippen LogP contribution in [-0.4, -0.2) is 27.7 Å². The number of nitrogens with zero attached hydrogens (tertiary/aromatic N) is 2. The highest BCUT2D eigenvalue weighted by Gasteiger charge is 2.27. The topological polar surface area (TPSA) is 60.7 Å². The summed E-state index contributed by atoms with van der Waals surface area (Å²) in [6, 6.07) is 10.6. The van der Waals surface area contributed by atoms with Gasteiger partial charge in [-0.15, -0.1) is 0 Å². The van der Waals surface area contributed by atoms with E-state index < -0.39 is 11.8 Å². The molecule has 0 N–H and O–H groups in total. The Balaban J connectivity index is 2.23. The number of imidazole rings is 1. The molecule has 2 aromatic heterocycles. The number of aromatic nitrogens is 2. The first kappa shape index (κ1) is 16.2. The number of carbonyl (C=O) groups is 2. The fourth-order valence-electron chi connectivity index (χ4n) is 2.47. The SMILES string of the molecule is CCOC(=O)C(=O)c1c(-c2ccc(Cl)cc2)nc2cc(C)ccn12. The third-order valence-electron chi connectivity index (χ3n) is 3.58. The van der Waals surface area contributed by atoms with E-state index in [0.29, 0.717) is 21.9 Å². The second-order valence-corrected chi connectivity index (χ2v) is 5.73. The van der Waals surface area contributed by atoms with Gasteiger partial charge >= 0.3 is 5.97 Å². The zero-order chi connectivity index (χ0) is 17.3. The Bertz CT molecular complexity index is 929. The van der Waals surface area contributed by atoms with Gasteiger partial charge in [-0.05, 0) is 43.7 Å². The lowest BCUT2D eigenvalue weighted by molar-refractivity contribution is -0.137. The van der Waals surface area contributed by atoms with Crippen molar-refractivity contribution in [2.24, 2.45) is 0 Å². The molecule has 0 atom stereocenters. The van der Waals surface area contributed by atoms with E-state index in [4.69, 9.17) is 16.3 Å². The van der Waals surface area contributed by atoms with E-state index in [1.54, 1.807) is 41.8 Å². The maximum atomic E-state index is 12.6. The van der Waals surface area contributed by atoms with Crippen LogP contribution in [0.5, 0.6) is 0 Å². The van der Waals surface area contributed by atoms with Crippen molar-refractivity contribution in [2.75, 3.05) is 6.61 Å². The molecule has 0 amide bonds. The molecule has 3 aromatic rings. The van der Waals surface area contributed by atoms with E-state index >= 15 is 0 Å². The van der Waals surface area contributed by atoms with Crippen molar-refractivity contribution in [2.45, 2.75) is 13.8 Å². The second-order valence-electron chi connectivity index (χ2n) is 5.30. The number of aryl methyl sites for hydroxylation is 1. The quantitative estimate of drug-likeness (QED) is 0.412. The predicted molar refractivity (Wildman–Crippen MR) is 91.3 cm³/mol. The second kappa shape index (κ2) is 6.45. The van der Waals surface area contributed by atoms with Crippen molar-refractivity contribution < 1.29 is 14.3 Å². The van der Waals surface area contributed by atoms with E-state index in [2.05, 4.69) is 4.98 Å². The summed E-state index contributed by atoms with van der Waals surface area (Å²) in [4.78, 5) is 29.1. The average molecular weight is 343 g/mol. The molecule has 0 fully saturated rings. The third-order valence-corrected chi connectivity index (χ3v) is 3.83. The number of benzene rings is 1. The van der Waals surface area contributed by atoms with Crippen molar-refractivity contribution in [1.29, 1.82) is 0 Å². The molecule has 0 saturated carbocycles. The molecular formula is C18H15ClN2O3. The van der Waals surface area contributed by atoms with E-state index in [1.165, 1.54) is 0 Å². The monoisotopic (exact) mass is 342 g/mol. The van der Waals surface area contributed by atoms with Gasteiger partial charge in [0.25, 0.3) is 5.78 Å². The molecule has 0 radical (unpaired) electrons. The van der Waals surface area contributed by atoms with Crippen LogP contribution < -0.4 is 0 Å². The van der Waals surface area contributed by atoms with Crippen LogP contribution in [0.4, 0.5) is 0 Å². The number of ketones is 1. The van der Waals surface area contributed by atoms with Crippen LogP contribution in [0.2, 0.25) is 5.02 Å². The lowest BCUT2D eigenvalue weighted by Gasteiger charge is -2.05. The molecule has 0 aliphatic rings. The minimum absolute atomic E-state index is 0.136. The molecule has 0 saturated heterocycles. The number of pyridine rings is 1. The summed E-state index contributed by atoms with van der Waals surface area (Å²) in [5.74, 6) is -1.62.